The van der Waals surface area contributed by atoms with Gasteiger partial charge in [0.2, 0.25) is 15.9 Å². The first kappa shape index (κ1) is 20.0. The van der Waals surface area contributed by atoms with E-state index >= 15 is 0 Å². The van der Waals surface area contributed by atoms with Crippen LogP contribution in [-0.4, -0.2) is 47.8 Å². The van der Waals surface area contributed by atoms with Crippen molar-refractivity contribution in [2.75, 3.05) is 24.7 Å². The minimum atomic E-state index is -3.19. The molecule has 0 bridgehead atoms. The van der Waals surface area contributed by atoms with Crippen LogP contribution in [0.5, 0.6) is 0 Å². The maximum absolute atomic E-state index is 12.5. The number of carbonyl (C=O) groups is 1. The minimum Gasteiger partial charge on any atom is -0.308 e. The Balaban J connectivity index is 1.60. The monoisotopic (exact) mass is 454 g/mol. The molecule has 0 saturated carbocycles. The lowest BCUT2D eigenvalue weighted by Gasteiger charge is -2.29. The predicted molar refractivity (Wildman–Crippen MR) is 108 cm³/mol. The summed E-state index contributed by atoms with van der Waals surface area (Å²) in [5.41, 5.74) is 2.33. The third-order valence-electron chi connectivity index (χ3n) is 4.72. The molecule has 0 aliphatic carbocycles. The Morgan fingerprint density at radius 3 is 2.48 bits per heavy atom. The number of rotatable bonds is 5. The van der Waals surface area contributed by atoms with Crippen molar-refractivity contribution in [2.24, 2.45) is 5.92 Å². The Morgan fingerprint density at radius 2 is 1.89 bits per heavy atom. The van der Waals surface area contributed by atoms with E-state index in [1.54, 1.807) is 4.68 Å². The summed E-state index contributed by atoms with van der Waals surface area (Å²) in [6.07, 6.45) is 4.06. The molecule has 27 heavy (non-hydrogen) atoms. The molecule has 146 valence electrons. The van der Waals surface area contributed by atoms with Gasteiger partial charge in [0.1, 0.15) is 0 Å². The Bertz CT molecular complexity index is 917. The summed E-state index contributed by atoms with van der Waals surface area (Å²) < 4.78 is 27.1. The lowest BCUT2D eigenvalue weighted by Crippen LogP contribution is -2.40. The van der Waals surface area contributed by atoms with Gasteiger partial charge in [0, 0.05) is 25.2 Å². The molecule has 1 saturated heterocycles. The first-order valence-electron chi connectivity index (χ1n) is 8.77. The van der Waals surface area contributed by atoms with Crippen LogP contribution in [0.15, 0.2) is 34.9 Å². The second-order valence-corrected chi connectivity index (χ2v) is 9.77. The largest absolute Gasteiger partial charge is 0.308 e. The highest BCUT2D eigenvalue weighted by atomic mass is 79.9. The Labute approximate surface area is 167 Å². The van der Waals surface area contributed by atoms with Crippen LogP contribution in [0.1, 0.15) is 24.0 Å². The summed E-state index contributed by atoms with van der Waals surface area (Å²) in [4.78, 5) is 12.5. The third kappa shape index (κ3) is 5.18. The fourth-order valence-electron chi connectivity index (χ4n) is 3.11. The number of nitrogens with one attached hydrogen (secondary N) is 1. The smallest absolute Gasteiger partial charge is 0.228 e. The van der Waals surface area contributed by atoms with Gasteiger partial charge in [-0.05, 0) is 41.3 Å². The number of aromatic nitrogens is 2. The Morgan fingerprint density at radius 1 is 1.26 bits per heavy atom. The molecule has 9 heteroatoms. The van der Waals surface area contributed by atoms with E-state index in [-0.39, 0.29) is 11.8 Å². The van der Waals surface area contributed by atoms with E-state index in [0.29, 0.717) is 38.3 Å². The van der Waals surface area contributed by atoms with Crippen LogP contribution >= 0.6 is 15.9 Å². The highest BCUT2D eigenvalue weighted by Crippen LogP contribution is 2.24. The van der Waals surface area contributed by atoms with E-state index in [0.717, 1.165) is 10.0 Å². The molecule has 1 fully saturated rings. The van der Waals surface area contributed by atoms with E-state index in [4.69, 9.17) is 0 Å². The number of halogens is 1. The number of aryl methyl sites for hydroxylation is 1. The standard InChI is InChI=1S/C18H23BrN4O3S/c1-13-3-5-14(6-4-13)11-22-12-16(19)17(21-22)20-18(24)15-7-9-23(10-8-15)27(2,25)26/h3-6,12,15H,7-11H2,1-2H3,(H,20,21,24). The average molecular weight is 455 g/mol. The van der Waals surface area contributed by atoms with E-state index in [1.807, 2.05) is 13.1 Å². The number of piperidine rings is 1. The molecule has 3 rings (SSSR count). The highest BCUT2D eigenvalue weighted by molar-refractivity contribution is 9.10. The highest BCUT2D eigenvalue weighted by Gasteiger charge is 2.29. The molecule has 2 heterocycles. The van der Waals surface area contributed by atoms with Gasteiger partial charge in [-0.2, -0.15) is 5.10 Å². The Hall–Kier alpha value is -1.71. The molecule has 1 aliphatic rings. The van der Waals surface area contributed by atoms with Gasteiger partial charge in [-0.25, -0.2) is 12.7 Å². The fourth-order valence-corrected chi connectivity index (χ4v) is 4.40. The zero-order valence-corrected chi connectivity index (χ0v) is 17.8. The van der Waals surface area contributed by atoms with Crippen molar-refractivity contribution in [2.45, 2.75) is 26.3 Å². The summed E-state index contributed by atoms with van der Waals surface area (Å²) in [7, 11) is -3.19. The van der Waals surface area contributed by atoms with Gasteiger partial charge in [0.15, 0.2) is 5.82 Å². The lowest BCUT2D eigenvalue weighted by atomic mass is 9.97. The van der Waals surface area contributed by atoms with Crippen LogP contribution in [0.25, 0.3) is 0 Å². The summed E-state index contributed by atoms with van der Waals surface area (Å²) in [5.74, 6) is 0.152. The van der Waals surface area contributed by atoms with Crippen molar-refractivity contribution in [1.29, 1.82) is 0 Å². The van der Waals surface area contributed by atoms with Crippen molar-refractivity contribution in [3.63, 3.8) is 0 Å². The molecule has 1 aromatic heterocycles. The number of amides is 1. The minimum absolute atomic E-state index is 0.121. The quantitative estimate of drug-likeness (QED) is 0.752. The van der Waals surface area contributed by atoms with Crippen molar-refractivity contribution < 1.29 is 13.2 Å². The number of benzene rings is 1. The number of hydrogen-bond donors (Lipinski definition) is 1. The SMILES string of the molecule is Cc1ccc(Cn2cc(Br)c(NC(=O)C3CCN(S(C)(=O)=O)CC3)n2)cc1. The van der Waals surface area contributed by atoms with Crippen LogP contribution < -0.4 is 5.32 Å². The molecule has 0 atom stereocenters. The molecular weight excluding hydrogens is 432 g/mol. The van der Waals surface area contributed by atoms with Crippen LogP contribution in [0.4, 0.5) is 5.82 Å². The molecule has 1 aliphatic heterocycles. The lowest BCUT2D eigenvalue weighted by molar-refractivity contribution is -0.120. The van der Waals surface area contributed by atoms with Gasteiger partial charge in [-0.15, -0.1) is 0 Å². The first-order valence-corrected chi connectivity index (χ1v) is 11.4. The van der Waals surface area contributed by atoms with Crippen molar-refractivity contribution >= 4 is 37.7 Å². The second-order valence-electron chi connectivity index (χ2n) is 6.93. The number of nitrogens with zero attached hydrogens (tertiary/aromatic N) is 3. The maximum Gasteiger partial charge on any atom is 0.228 e. The van der Waals surface area contributed by atoms with Gasteiger partial charge in [-0.1, -0.05) is 29.8 Å². The molecule has 0 unspecified atom stereocenters. The van der Waals surface area contributed by atoms with Gasteiger partial charge in [0.25, 0.3) is 0 Å². The fraction of sp³-hybridized carbons (Fsp3) is 0.444. The first-order chi connectivity index (χ1) is 12.7. The zero-order chi connectivity index (χ0) is 19.6. The van der Waals surface area contributed by atoms with E-state index < -0.39 is 10.0 Å². The molecule has 0 radical (unpaired) electrons. The molecule has 7 nitrogen and oxygen atoms in total. The summed E-state index contributed by atoms with van der Waals surface area (Å²) in [6.45, 7) is 3.41. The molecule has 2 aromatic rings. The van der Waals surface area contributed by atoms with E-state index in [9.17, 15) is 13.2 Å². The van der Waals surface area contributed by atoms with Crippen molar-refractivity contribution in [1.82, 2.24) is 14.1 Å². The van der Waals surface area contributed by atoms with Crippen molar-refractivity contribution in [3.8, 4) is 0 Å². The van der Waals surface area contributed by atoms with Gasteiger partial charge >= 0.3 is 0 Å². The van der Waals surface area contributed by atoms with Crippen LogP contribution in [0.3, 0.4) is 0 Å². The van der Waals surface area contributed by atoms with Crippen LogP contribution in [0.2, 0.25) is 0 Å². The van der Waals surface area contributed by atoms with Crippen LogP contribution in [-0.2, 0) is 21.4 Å². The zero-order valence-electron chi connectivity index (χ0n) is 15.4. The third-order valence-corrected chi connectivity index (χ3v) is 6.60. The summed E-state index contributed by atoms with van der Waals surface area (Å²) >= 11 is 3.44. The molecule has 1 amide bonds. The molecule has 1 N–H and O–H groups in total. The van der Waals surface area contributed by atoms with Gasteiger partial charge < -0.3 is 5.32 Å². The van der Waals surface area contributed by atoms with Gasteiger partial charge in [-0.3, -0.25) is 9.48 Å². The maximum atomic E-state index is 12.5. The number of anilines is 1. The van der Waals surface area contributed by atoms with Crippen LogP contribution in [0, 0.1) is 12.8 Å². The number of sulfonamides is 1. The molecule has 1 aromatic carbocycles. The van der Waals surface area contributed by atoms with Crippen molar-refractivity contribution in [3.05, 3.63) is 46.1 Å². The summed E-state index contributed by atoms with van der Waals surface area (Å²) in [6, 6.07) is 8.22. The number of carbonyl (C=O) groups excluding carboxylic acids is 1. The van der Waals surface area contributed by atoms with E-state index in [2.05, 4.69) is 50.6 Å². The second kappa shape index (κ2) is 8.12. The average Bonchev–Trinajstić information content (AvgIpc) is 2.95. The Kier molecular flexibility index (Phi) is 6.02. The predicted octanol–water partition coefficient (Wildman–Crippen LogP) is 2.61. The number of hydrogen-bond acceptors (Lipinski definition) is 4. The molecular formula is C18H23BrN4O3S. The van der Waals surface area contributed by atoms with E-state index in [1.165, 1.54) is 16.1 Å². The van der Waals surface area contributed by atoms with Gasteiger partial charge in [0.05, 0.1) is 17.3 Å². The molecule has 0 spiro atoms. The normalized spacial score (nSPS) is 16.4. The summed E-state index contributed by atoms with van der Waals surface area (Å²) in [5, 5.41) is 7.31. The topological polar surface area (TPSA) is 84.3 Å².